The summed E-state index contributed by atoms with van der Waals surface area (Å²) >= 11 is 0. The van der Waals surface area contributed by atoms with Gasteiger partial charge < -0.3 is 4.42 Å². The quantitative estimate of drug-likeness (QED) is 0.547. The van der Waals surface area contributed by atoms with Crippen LogP contribution in [-0.2, 0) is 0 Å². The van der Waals surface area contributed by atoms with Gasteiger partial charge in [-0.05, 0) is 31.1 Å². The monoisotopic (exact) mass is 248 g/mol. The Morgan fingerprint density at radius 2 is 1.89 bits per heavy atom. The first-order valence-electron chi connectivity index (χ1n) is 6.43. The van der Waals surface area contributed by atoms with E-state index in [2.05, 4.69) is 38.6 Å². The van der Waals surface area contributed by atoms with Gasteiger partial charge in [0.15, 0.2) is 0 Å². The summed E-state index contributed by atoms with van der Waals surface area (Å²) in [5, 5.41) is 2.35. The lowest BCUT2D eigenvalue weighted by Crippen LogP contribution is -1.86. The van der Waals surface area contributed by atoms with Gasteiger partial charge in [0.1, 0.15) is 11.2 Å². The predicted molar refractivity (Wildman–Crippen MR) is 82.3 cm³/mol. The molecule has 19 heavy (non-hydrogen) atoms. The summed E-state index contributed by atoms with van der Waals surface area (Å²) in [6.45, 7) is 7.98. The third-order valence-corrected chi connectivity index (χ3v) is 3.52. The van der Waals surface area contributed by atoms with Crippen LogP contribution in [0.1, 0.15) is 18.1 Å². The number of fused-ring (bicyclic) bond motifs is 3. The molecule has 0 atom stereocenters. The maximum atomic E-state index is 6.06. The lowest BCUT2D eigenvalue weighted by molar-refractivity contribution is 0.667. The Labute approximate surface area is 112 Å². The smallest absolute Gasteiger partial charge is 0.143 e. The van der Waals surface area contributed by atoms with E-state index < -0.39 is 0 Å². The molecule has 1 heterocycles. The van der Waals surface area contributed by atoms with Crippen LogP contribution in [0.3, 0.4) is 0 Å². The van der Waals surface area contributed by atoms with Crippen LogP contribution in [-0.4, -0.2) is 0 Å². The van der Waals surface area contributed by atoms with Crippen molar-refractivity contribution in [3.05, 3.63) is 66.3 Å². The van der Waals surface area contributed by atoms with Crippen LogP contribution in [0.4, 0.5) is 0 Å². The van der Waals surface area contributed by atoms with Gasteiger partial charge in [-0.15, -0.1) is 0 Å². The van der Waals surface area contributed by atoms with E-state index in [0.29, 0.717) is 0 Å². The molecule has 1 heteroatoms. The van der Waals surface area contributed by atoms with Crippen LogP contribution in [0, 0.1) is 6.92 Å². The Kier molecular flexibility index (Phi) is 2.75. The highest BCUT2D eigenvalue weighted by Gasteiger charge is 2.13. The Morgan fingerprint density at radius 3 is 2.68 bits per heavy atom. The average molecular weight is 248 g/mol. The molecule has 0 unspecified atom stereocenters. The molecule has 3 aromatic rings. The average Bonchev–Trinajstić information content (AvgIpc) is 2.76. The number of para-hydroxylation sites is 1. The summed E-state index contributed by atoms with van der Waals surface area (Å²) in [6.07, 6.45) is 3.84. The molecule has 0 bridgehead atoms. The number of allylic oxidation sites excluding steroid dienone is 3. The van der Waals surface area contributed by atoms with Crippen molar-refractivity contribution >= 4 is 27.5 Å². The molecule has 0 aliphatic carbocycles. The van der Waals surface area contributed by atoms with E-state index >= 15 is 0 Å². The minimum absolute atomic E-state index is 0.941. The lowest BCUT2D eigenvalue weighted by atomic mass is 9.98. The molecule has 0 radical (unpaired) electrons. The van der Waals surface area contributed by atoms with Gasteiger partial charge in [-0.3, -0.25) is 0 Å². The van der Waals surface area contributed by atoms with Gasteiger partial charge in [0.2, 0.25) is 0 Å². The summed E-state index contributed by atoms with van der Waals surface area (Å²) < 4.78 is 6.06. The summed E-state index contributed by atoms with van der Waals surface area (Å²) in [7, 11) is 0. The van der Waals surface area contributed by atoms with Crippen LogP contribution in [0.25, 0.3) is 27.5 Å². The minimum Gasteiger partial charge on any atom is -0.455 e. The van der Waals surface area contributed by atoms with E-state index in [1.54, 1.807) is 0 Å². The third kappa shape index (κ3) is 1.78. The molecule has 0 saturated heterocycles. The Bertz CT molecular complexity index is 803. The van der Waals surface area contributed by atoms with E-state index in [4.69, 9.17) is 4.42 Å². The van der Waals surface area contributed by atoms with Gasteiger partial charge in [-0.2, -0.15) is 0 Å². The van der Waals surface area contributed by atoms with Crippen molar-refractivity contribution in [2.24, 2.45) is 0 Å². The first-order valence-corrected chi connectivity index (χ1v) is 6.43. The van der Waals surface area contributed by atoms with Crippen molar-refractivity contribution < 1.29 is 4.42 Å². The second-order valence-electron chi connectivity index (χ2n) is 4.82. The maximum Gasteiger partial charge on any atom is 0.143 e. The van der Waals surface area contributed by atoms with E-state index in [1.165, 1.54) is 27.5 Å². The zero-order valence-corrected chi connectivity index (χ0v) is 11.2. The highest BCUT2D eigenvalue weighted by atomic mass is 16.3. The number of benzene rings is 2. The van der Waals surface area contributed by atoms with Crippen LogP contribution in [0.5, 0.6) is 0 Å². The molecule has 0 amide bonds. The van der Waals surface area contributed by atoms with E-state index in [-0.39, 0.29) is 0 Å². The summed E-state index contributed by atoms with van der Waals surface area (Å²) in [5.74, 6) is 0. The van der Waals surface area contributed by atoms with Crippen molar-refractivity contribution in [1.29, 1.82) is 0 Å². The molecule has 94 valence electrons. The molecular weight excluding hydrogens is 232 g/mol. The molecule has 0 fully saturated rings. The van der Waals surface area contributed by atoms with Gasteiger partial charge in [-0.25, -0.2) is 0 Å². The summed E-state index contributed by atoms with van der Waals surface area (Å²) in [5.41, 5.74) is 5.49. The van der Waals surface area contributed by atoms with Crippen molar-refractivity contribution in [3.63, 3.8) is 0 Å². The number of furan rings is 1. The second-order valence-corrected chi connectivity index (χ2v) is 4.82. The topological polar surface area (TPSA) is 13.1 Å². The fraction of sp³-hybridized carbons (Fsp3) is 0.111. The maximum absolute atomic E-state index is 6.06. The second kappa shape index (κ2) is 4.43. The third-order valence-electron chi connectivity index (χ3n) is 3.52. The zero-order valence-electron chi connectivity index (χ0n) is 11.2. The zero-order chi connectivity index (χ0) is 13.4. The van der Waals surface area contributed by atoms with Crippen molar-refractivity contribution in [1.82, 2.24) is 0 Å². The van der Waals surface area contributed by atoms with Gasteiger partial charge in [-0.1, -0.05) is 49.1 Å². The lowest BCUT2D eigenvalue weighted by Gasteiger charge is -2.06. The molecule has 0 saturated carbocycles. The molecular formula is C18H16O. The fourth-order valence-corrected chi connectivity index (χ4v) is 2.64. The molecule has 1 nitrogen and oxygen atoms in total. The molecule has 0 spiro atoms. The minimum atomic E-state index is 0.941. The Balaban J connectivity index is 2.46. The van der Waals surface area contributed by atoms with Gasteiger partial charge in [0, 0.05) is 16.3 Å². The summed E-state index contributed by atoms with van der Waals surface area (Å²) in [4.78, 5) is 0. The molecule has 3 rings (SSSR count). The Hall–Kier alpha value is -2.28. The number of aryl methyl sites for hydroxylation is 1. The highest BCUT2D eigenvalue weighted by Crippen LogP contribution is 2.35. The van der Waals surface area contributed by atoms with E-state index in [9.17, 15) is 0 Å². The van der Waals surface area contributed by atoms with Crippen LogP contribution < -0.4 is 0 Å². The Morgan fingerprint density at radius 1 is 1.11 bits per heavy atom. The largest absolute Gasteiger partial charge is 0.455 e. The number of hydrogen-bond donors (Lipinski definition) is 0. The highest BCUT2D eigenvalue weighted by molar-refractivity contribution is 6.08. The molecule has 0 aliphatic heterocycles. The molecule has 0 N–H and O–H groups in total. The first kappa shape index (κ1) is 11.8. The molecule has 0 aliphatic rings. The SMILES string of the molecule is C=C/C=C(\C)c1c(C)ccc2c1oc1ccccc12. The van der Waals surface area contributed by atoms with E-state index in [0.717, 1.165) is 11.2 Å². The standard InChI is InChI=1S/C18H16O/c1-4-7-12(2)17-13(3)10-11-15-14-8-5-6-9-16(14)19-18(15)17/h4-11H,1H2,2-3H3/b12-7+. The van der Waals surface area contributed by atoms with Gasteiger partial charge in [0.05, 0.1) is 0 Å². The summed E-state index contributed by atoms with van der Waals surface area (Å²) in [6, 6.07) is 12.5. The van der Waals surface area contributed by atoms with Crippen molar-refractivity contribution in [2.75, 3.05) is 0 Å². The van der Waals surface area contributed by atoms with Crippen LogP contribution >= 0.6 is 0 Å². The van der Waals surface area contributed by atoms with E-state index in [1.807, 2.05) is 30.4 Å². The predicted octanol–water partition coefficient (Wildman–Crippen LogP) is 5.48. The normalized spacial score (nSPS) is 12.2. The van der Waals surface area contributed by atoms with Crippen LogP contribution in [0.2, 0.25) is 0 Å². The van der Waals surface area contributed by atoms with Gasteiger partial charge in [0.25, 0.3) is 0 Å². The van der Waals surface area contributed by atoms with Crippen LogP contribution in [0.15, 0.2) is 59.5 Å². The first-order chi connectivity index (χ1) is 9.22. The van der Waals surface area contributed by atoms with Crippen molar-refractivity contribution in [3.8, 4) is 0 Å². The van der Waals surface area contributed by atoms with Gasteiger partial charge >= 0.3 is 0 Å². The fourth-order valence-electron chi connectivity index (χ4n) is 2.64. The molecule has 1 aromatic heterocycles. The van der Waals surface area contributed by atoms with Crippen molar-refractivity contribution in [2.45, 2.75) is 13.8 Å². The number of hydrogen-bond acceptors (Lipinski definition) is 1. The molecule has 2 aromatic carbocycles. The number of rotatable bonds is 2.